The van der Waals surface area contributed by atoms with Crippen LogP contribution < -0.4 is 5.73 Å². The Hall–Kier alpha value is -1.65. The van der Waals surface area contributed by atoms with E-state index in [-0.39, 0.29) is 0 Å². The second kappa shape index (κ2) is 6.00. The highest BCUT2D eigenvalue weighted by Crippen LogP contribution is 2.27. The highest BCUT2D eigenvalue weighted by molar-refractivity contribution is 9.10. The Balaban J connectivity index is 2.20. The van der Waals surface area contributed by atoms with Crippen LogP contribution in [0.4, 0.5) is 0 Å². The number of rotatable bonds is 4. The van der Waals surface area contributed by atoms with Crippen LogP contribution in [0.1, 0.15) is 18.9 Å². The van der Waals surface area contributed by atoms with Crippen molar-refractivity contribution in [2.24, 2.45) is 5.73 Å². The highest BCUT2D eigenvalue weighted by Gasteiger charge is 2.12. The second-order valence-corrected chi connectivity index (χ2v) is 6.04. The van der Waals surface area contributed by atoms with Gasteiger partial charge in [0.15, 0.2) is 0 Å². The molecule has 108 valence electrons. The van der Waals surface area contributed by atoms with Gasteiger partial charge < -0.3 is 10.3 Å². The van der Waals surface area contributed by atoms with Crippen LogP contribution in [0.2, 0.25) is 0 Å². The Morgan fingerprint density at radius 1 is 1.14 bits per heavy atom. The Bertz CT molecular complexity index is 760. The fraction of sp³-hybridized carbons (Fsp3) is 0.235. The van der Waals surface area contributed by atoms with Gasteiger partial charge in [0.05, 0.1) is 11.0 Å². The lowest BCUT2D eigenvalue weighted by atomic mass is 10.2. The average Bonchev–Trinajstić information content (AvgIpc) is 2.86. The topological polar surface area (TPSA) is 43.8 Å². The quantitative estimate of drug-likeness (QED) is 0.765. The van der Waals surface area contributed by atoms with Crippen LogP contribution in [0.5, 0.6) is 0 Å². The summed E-state index contributed by atoms with van der Waals surface area (Å²) in [6.07, 6.45) is 1.08. The van der Waals surface area contributed by atoms with Crippen molar-refractivity contribution >= 4 is 27.0 Å². The van der Waals surface area contributed by atoms with Gasteiger partial charge in [-0.15, -0.1) is 0 Å². The molecule has 0 bridgehead atoms. The third-order valence-corrected chi connectivity index (χ3v) is 4.13. The van der Waals surface area contributed by atoms with Gasteiger partial charge in [-0.25, -0.2) is 4.98 Å². The molecule has 0 aliphatic heterocycles. The molecule has 3 nitrogen and oxygen atoms in total. The normalized spacial score (nSPS) is 11.2. The summed E-state index contributed by atoms with van der Waals surface area (Å²) >= 11 is 3.48. The number of aryl methyl sites for hydroxylation is 1. The molecule has 0 fully saturated rings. The largest absolute Gasteiger partial charge is 0.326 e. The number of hydrogen-bond acceptors (Lipinski definition) is 2. The monoisotopic (exact) mass is 343 g/mol. The van der Waals surface area contributed by atoms with Crippen molar-refractivity contribution < 1.29 is 0 Å². The number of benzene rings is 2. The summed E-state index contributed by atoms with van der Waals surface area (Å²) in [7, 11) is 0. The molecule has 3 aromatic rings. The fourth-order valence-electron chi connectivity index (χ4n) is 2.57. The lowest BCUT2D eigenvalue weighted by molar-refractivity contribution is 0.704. The van der Waals surface area contributed by atoms with Crippen molar-refractivity contribution in [2.75, 3.05) is 0 Å². The predicted molar refractivity (Wildman–Crippen MR) is 91.1 cm³/mol. The van der Waals surface area contributed by atoms with E-state index in [9.17, 15) is 0 Å². The van der Waals surface area contributed by atoms with Crippen LogP contribution in [0.25, 0.3) is 22.4 Å². The van der Waals surface area contributed by atoms with E-state index < -0.39 is 0 Å². The maximum Gasteiger partial charge on any atom is 0.141 e. The maximum atomic E-state index is 5.73. The molecule has 0 amide bonds. The standard InChI is InChI=1S/C17H18BrN3/c1-2-9-21-16-8-3-12(11-19)10-15(16)20-17(21)13-4-6-14(18)7-5-13/h3-8,10H,2,9,11,19H2,1H3. The summed E-state index contributed by atoms with van der Waals surface area (Å²) in [4.78, 5) is 4.83. The fourth-order valence-corrected chi connectivity index (χ4v) is 2.84. The van der Waals surface area contributed by atoms with Gasteiger partial charge in [0.25, 0.3) is 0 Å². The van der Waals surface area contributed by atoms with Crippen molar-refractivity contribution in [2.45, 2.75) is 26.4 Å². The van der Waals surface area contributed by atoms with E-state index in [1.165, 1.54) is 5.52 Å². The second-order valence-electron chi connectivity index (χ2n) is 5.12. The zero-order chi connectivity index (χ0) is 14.8. The van der Waals surface area contributed by atoms with Gasteiger partial charge in [-0.3, -0.25) is 0 Å². The summed E-state index contributed by atoms with van der Waals surface area (Å²) in [5.41, 5.74) is 10.2. The van der Waals surface area contributed by atoms with Crippen LogP contribution in [0.3, 0.4) is 0 Å². The molecule has 0 spiro atoms. The summed E-state index contributed by atoms with van der Waals surface area (Å²) in [6.45, 7) is 3.69. The molecule has 0 atom stereocenters. The van der Waals surface area contributed by atoms with Gasteiger partial charge in [0.1, 0.15) is 5.82 Å². The van der Waals surface area contributed by atoms with Gasteiger partial charge in [-0.2, -0.15) is 0 Å². The van der Waals surface area contributed by atoms with Crippen molar-refractivity contribution in [3.63, 3.8) is 0 Å². The van der Waals surface area contributed by atoms with Crippen molar-refractivity contribution in [3.8, 4) is 11.4 Å². The summed E-state index contributed by atoms with van der Waals surface area (Å²) in [5.74, 6) is 1.02. The average molecular weight is 344 g/mol. The van der Waals surface area contributed by atoms with E-state index >= 15 is 0 Å². The van der Waals surface area contributed by atoms with E-state index in [0.717, 1.165) is 39.9 Å². The first-order valence-electron chi connectivity index (χ1n) is 7.18. The molecule has 0 radical (unpaired) electrons. The minimum absolute atomic E-state index is 0.546. The number of aromatic nitrogens is 2. The molecule has 4 heteroatoms. The zero-order valence-electron chi connectivity index (χ0n) is 12.0. The van der Waals surface area contributed by atoms with Crippen LogP contribution >= 0.6 is 15.9 Å². The van der Waals surface area contributed by atoms with Gasteiger partial charge in [0.2, 0.25) is 0 Å². The van der Waals surface area contributed by atoms with Crippen LogP contribution in [0.15, 0.2) is 46.9 Å². The SMILES string of the molecule is CCCn1c(-c2ccc(Br)cc2)nc2cc(CN)ccc21. The molecule has 0 aliphatic rings. The number of nitrogens with zero attached hydrogens (tertiary/aromatic N) is 2. The van der Waals surface area contributed by atoms with Crippen LogP contribution in [-0.2, 0) is 13.1 Å². The molecule has 1 heterocycles. The summed E-state index contributed by atoms with van der Waals surface area (Å²) in [5, 5.41) is 0. The molecule has 21 heavy (non-hydrogen) atoms. The molecule has 0 unspecified atom stereocenters. The van der Waals surface area contributed by atoms with Crippen molar-refractivity contribution in [1.82, 2.24) is 9.55 Å². The maximum absolute atomic E-state index is 5.73. The molecule has 0 saturated heterocycles. The first-order chi connectivity index (χ1) is 10.2. The van der Waals surface area contributed by atoms with Crippen LogP contribution in [-0.4, -0.2) is 9.55 Å². The Morgan fingerprint density at radius 2 is 1.90 bits per heavy atom. The molecule has 0 saturated carbocycles. The molecule has 0 aliphatic carbocycles. The first kappa shape index (κ1) is 14.3. The molecule has 2 aromatic carbocycles. The van der Waals surface area contributed by atoms with E-state index in [0.29, 0.717) is 6.54 Å². The molecule has 2 N–H and O–H groups in total. The number of nitrogens with two attached hydrogens (primary N) is 1. The number of hydrogen-bond donors (Lipinski definition) is 1. The molecular formula is C17H18BrN3. The predicted octanol–water partition coefficient (Wildman–Crippen LogP) is 4.33. The Kier molecular flexibility index (Phi) is 4.08. The van der Waals surface area contributed by atoms with Crippen molar-refractivity contribution in [3.05, 3.63) is 52.5 Å². The van der Waals surface area contributed by atoms with E-state index in [2.05, 4.69) is 69.9 Å². The number of halogens is 1. The van der Waals surface area contributed by atoms with Crippen molar-refractivity contribution in [1.29, 1.82) is 0 Å². The molecule has 3 rings (SSSR count). The van der Waals surface area contributed by atoms with Crippen LogP contribution in [0, 0.1) is 0 Å². The molecule has 1 aromatic heterocycles. The lowest BCUT2D eigenvalue weighted by Gasteiger charge is -2.08. The minimum atomic E-state index is 0.546. The van der Waals surface area contributed by atoms with E-state index in [1.807, 2.05) is 0 Å². The zero-order valence-corrected chi connectivity index (χ0v) is 13.6. The number of imidazole rings is 1. The summed E-state index contributed by atoms with van der Waals surface area (Å²) in [6, 6.07) is 14.6. The van der Waals surface area contributed by atoms with Gasteiger partial charge >= 0.3 is 0 Å². The van der Waals surface area contributed by atoms with E-state index in [4.69, 9.17) is 10.7 Å². The third-order valence-electron chi connectivity index (χ3n) is 3.60. The van der Waals surface area contributed by atoms with Gasteiger partial charge in [-0.1, -0.05) is 41.1 Å². The first-order valence-corrected chi connectivity index (χ1v) is 7.97. The highest BCUT2D eigenvalue weighted by atomic mass is 79.9. The molecular weight excluding hydrogens is 326 g/mol. The van der Waals surface area contributed by atoms with E-state index in [1.54, 1.807) is 0 Å². The minimum Gasteiger partial charge on any atom is -0.326 e. The van der Waals surface area contributed by atoms with Gasteiger partial charge in [0, 0.05) is 23.1 Å². The smallest absolute Gasteiger partial charge is 0.141 e. The lowest BCUT2D eigenvalue weighted by Crippen LogP contribution is -2.00. The number of fused-ring (bicyclic) bond motifs is 1. The summed E-state index contributed by atoms with van der Waals surface area (Å²) < 4.78 is 3.37. The van der Waals surface area contributed by atoms with Gasteiger partial charge in [-0.05, 0) is 36.2 Å². The Morgan fingerprint density at radius 3 is 2.57 bits per heavy atom. The third kappa shape index (κ3) is 2.74. The Labute approximate surface area is 132 Å².